The van der Waals surface area contributed by atoms with E-state index in [1.54, 1.807) is 13.8 Å². The van der Waals surface area contributed by atoms with Crippen molar-refractivity contribution in [3.8, 4) is 5.75 Å². The third-order valence-electron chi connectivity index (χ3n) is 1.67. The SMILES string of the molecule is CC(C)(O)COc1ccc(CCl)cc1. The van der Waals surface area contributed by atoms with E-state index in [9.17, 15) is 5.11 Å². The second-order valence-electron chi connectivity index (χ2n) is 3.88. The zero-order valence-electron chi connectivity index (χ0n) is 8.46. The Kier molecular flexibility index (Phi) is 3.78. The molecule has 1 aromatic carbocycles. The van der Waals surface area contributed by atoms with Crippen molar-refractivity contribution in [1.29, 1.82) is 0 Å². The van der Waals surface area contributed by atoms with Gasteiger partial charge < -0.3 is 9.84 Å². The molecule has 0 aromatic heterocycles. The summed E-state index contributed by atoms with van der Waals surface area (Å²) in [5, 5.41) is 9.43. The molecular weight excluding hydrogens is 200 g/mol. The molecule has 0 fully saturated rings. The second kappa shape index (κ2) is 4.67. The lowest BCUT2D eigenvalue weighted by atomic mass is 10.2. The molecule has 0 spiro atoms. The summed E-state index contributed by atoms with van der Waals surface area (Å²) >= 11 is 5.65. The van der Waals surface area contributed by atoms with Gasteiger partial charge in [-0.3, -0.25) is 0 Å². The van der Waals surface area contributed by atoms with Crippen LogP contribution in [0.2, 0.25) is 0 Å². The van der Waals surface area contributed by atoms with Crippen LogP contribution in [0.15, 0.2) is 24.3 Å². The lowest BCUT2D eigenvalue weighted by molar-refractivity contribution is 0.0285. The van der Waals surface area contributed by atoms with Gasteiger partial charge in [-0.15, -0.1) is 11.6 Å². The first-order valence-electron chi connectivity index (χ1n) is 4.51. The third kappa shape index (κ3) is 3.99. The van der Waals surface area contributed by atoms with Crippen LogP contribution in [0.4, 0.5) is 0 Å². The third-order valence-corrected chi connectivity index (χ3v) is 1.98. The fourth-order valence-corrected chi connectivity index (χ4v) is 1.11. The largest absolute Gasteiger partial charge is 0.491 e. The average molecular weight is 215 g/mol. The van der Waals surface area contributed by atoms with Crippen LogP contribution in [-0.4, -0.2) is 17.3 Å². The fraction of sp³-hybridized carbons (Fsp3) is 0.455. The molecule has 14 heavy (non-hydrogen) atoms. The van der Waals surface area contributed by atoms with Crippen LogP contribution < -0.4 is 4.74 Å². The van der Waals surface area contributed by atoms with Gasteiger partial charge in [-0.2, -0.15) is 0 Å². The zero-order valence-corrected chi connectivity index (χ0v) is 9.21. The molecule has 1 N–H and O–H groups in total. The minimum atomic E-state index is -0.800. The number of benzene rings is 1. The van der Waals surface area contributed by atoms with Gasteiger partial charge in [-0.05, 0) is 31.5 Å². The van der Waals surface area contributed by atoms with Crippen LogP contribution in [0.25, 0.3) is 0 Å². The normalized spacial score (nSPS) is 11.4. The van der Waals surface area contributed by atoms with Gasteiger partial charge >= 0.3 is 0 Å². The van der Waals surface area contributed by atoms with Crippen molar-refractivity contribution < 1.29 is 9.84 Å². The summed E-state index contributed by atoms with van der Waals surface area (Å²) in [6.45, 7) is 3.70. The van der Waals surface area contributed by atoms with E-state index in [1.807, 2.05) is 24.3 Å². The summed E-state index contributed by atoms with van der Waals surface area (Å²) in [4.78, 5) is 0. The quantitative estimate of drug-likeness (QED) is 0.781. The highest BCUT2D eigenvalue weighted by Gasteiger charge is 2.12. The Balaban J connectivity index is 2.52. The molecule has 0 amide bonds. The first-order valence-corrected chi connectivity index (χ1v) is 5.05. The van der Waals surface area contributed by atoms with Crippen molar-refractivity contribution in [3.63, 3.8) is 0 Å². The van der Waals surface area contributed by atoms with Crippen LogP contribution in [0.3, 0.4) is 0 Å². The number of hydrogen-bond donors (Lipinski definition) is 1. The summed E-state index contributed by atoms with van der Waals surface area (Å²) in [6.07, 6.45) is 0. The molecule has 0 bridgehead atoms. The van der Waals surface area contributed by atoms with Gasteiger partial charge in [0.05, 0.1) is 5.60 Å². The van der Waals surface area contributed by atoms with Crippen molar-refractivity contribution in [1.82, 2.24) is 0 Å². The maximum absolute atomic E-state index is 9.43. The maximum atomic E-state index is 9.43. The maximum Gasteiger partial charge on any atom is 0.119 e. The summed E-state index contributed by atoms with van der Waals surface area (Å²) in [7, 11) is 0. The lowest BCUT2D eigenvalue weighted by Crippen LogP contribution is -2.27. The van der Waals surface area contributed by atoms with E-state index in [4.69, 9.17) is 16.3 Å². The predicted octanol–water partition coefficient (Wildman–Crippen LogP) is 2.58. The number of hydrogen-bond acceptors (Lipinski definition) is 2. The molecule has 0 atom stereocenters. The number of rotatable bonds is 4. The van der Waals surface area contributed by atoms with Crippen LogP contribution in [0.5, 0.6) is 5.75 Å². The van der Waals surface area contributed by atoms with Crippen molar-refractivity contribution in [2.75, 3.05) is 6.61 Å². The molecule has 0 saturated carbocycles. The van der Waals surface area contributed by atoms with E-state index in [0.29, 0.717) is 5.88 Å². The van der Waals surface area contributed by atoms with Crippen LogP contribution >= 0.6 is 11.6 Å². The lowest BCUT2D eigenvalue weighted by Gasteiger charge is -2.17. The van der Waals surface area contributed by atoms with Crippen LogP contribution in [0.1, 0.15) is 19.4 Å². The topological polar surface area (TPSA) is 29.5 Å². The average Bonchev–Trinajstić information content (AvgIpc) is 2.14. The van der Waals surface area contributed by atoms with Crippen LogP contribution in [-0.2, 0) is 5.88 Å². The molecule has 0 heterocycles. The zero-order chi connectivity index (χ0) is 10.6. The molecule has 0 aliphatic carbocycles. The smallest absolute Gasteiger partial charge is 0.119 e. The van der Waals surface area contributed by atoms with E-state index < -0.39 is 5.60 Å². The van der Waals surface area contributed by atoms with Gasteiger partial charge in [0.15, 0.2) is 0 Å². The van der Waals surface area contributed by atoms with E-state index >= 15 is 0 Å². The number of alkyl halides is 1. The fourth-order valence-electron chi connectivity index (χ4n) is 0.935. The Hall–Kier alpha value is -0.730. The highest BCUT2D eigenvalue weighted by Crippen LogP contribution is 2.15. The summed E-state index contributed by atoms with van der Waals surface area (Å²) < 4.78 is 5.38. The van der Waals surface area contributed by atoms with Crippen LogP contribution in [0, 0.1) is 0 Å². The molecule has 1 aromatic rings. The van der Waals surface area contributed by atoms with Crippen molar-refractivity contribution in [2.45, 2.75) is 25.3 Å². The van der Waals surface area contributed by atoms with Gasteiger partial charge in [0.1, 0.15) is 12.4 Å². The molecule has 0 unspecified atom stereocenters. The molecule has 1 rings (SSSR count). The molecular formula is C11H15ClO2. The van der Waals surface area contributed by atoms with Gasteiger partial charge in [0.2, 0.25) is 0 Å². The number of aliphatic hydroxyl groups is 1. The first kappa shape index (κ1) is 11.3. The Morgan fingerprint density at radius 1 is 1.29 bits per heavy atom. The predicted molar refractivity (Wildman–Crippen MR) is 57.8 cm³/mol. The highest BCUT2D eigenvalue weighted by molar-refractivity contribution is 6.17. The first-order chi connectivity index (χ1) is 6.51. The molecule has 0 saturated heterocycles. The van der Waals surface area contributed by atoms with Crippen molar-refractivity contribution in [3.05, 3.63) is 29.8 Å². The molecule has 78 valence electrons. The van der Waals surface area contributed by atoms with E-state index in [0.717, 1.165) is 11.3 Å². The summed E-state index contributed by atoms with van der Waals surface area (Å²) in [6, 6.07) is 7.52. The monoisotopic (exact) mass is 214 g/mol. The standard InChI is InChI=1S/C11H15ClO2/c1-11(2,13)8-14-10-5-3-9(7-12)4-6-10/h3-6,13H,7-8H2,1-2H3. The molecule has 3 heteroatoms. The molecule has 0 aliphatic rings. The minimum Gasteiger partial charge on any atom is -0.491 e. The Bertz CT molecular complexity index is 274. The Morgan fingerprint density at radius 2 is 1.86 bits per heavy atom. The highest BCUT2D eigenvalue weighted by atomic mass is 35.5. The summed E-state index contributed by atoms with van der Waals surface area (Å²) in [5.41, 5.74) is 0.257. The molecule has 2 nitrogen and oxygen atoms in total. The van der Waals surface area contributed by atoms with Gasteiger partial charge in [-0.1, -0.05) is 12.1 Å². The minimum absolute atomic E-state index is 0.285. The summed E-state index contributed by atoms with van der Waals surface area (Å²) in [5.74, 6) is 1.26. The van der Waals surface area contributed by atoms with Gasteiger partial charge in [0, 0.05) is 5.88 Å². The van der Waals surface area contributed by atoms with E-state index in [-0.39, 0.29) is 6.61 Å². The van der Waals surface area contributed by atoms with E-state index in [1.165, 1.54) is 0 Å². The Labute approximate surface area is 89.5 Å². The molecule has 0 aliphatic heterocycles. The second-order valence-corrected chi connectivity index (χ2v) is 4.15. The van der Waals surface area contributed by atoms with Gasteiger partial charge in [0.25, 0.3) is 0 Å². The number of halogens is 1. The number of ether oxygens (including phenoxy) is 1. The molecule has 0 radical (unpaired) electrons. The Morgan fingerprint density at radius 3 is 2.29 bits per heavy atom. The van der Waals surface area contributed by atoms with Gasteiger partial charge in [-0.25, -0.2) is 0 Å². The van der Waals surface area contributed by atoms with Crippen molar-refractivity contribution >= 4 is 11.6 Å². The van der Waals surface area contributed by atoms with E-state index in [2.05, 4.69) is 0 Å². The van der Waals surface area contributed by atoms with Crippen molar-refractivity contribution in [2.24, 2.45) is 0 Å².